The Labute approximate surface area is 298 Å². The monoisotopic (exact) mass is 619 g/mol. The van der Waals surface area contributed by atoms with Gasteiger partial charge in [-0.1, -0.05) is 0 Å². The number of hydrogen-bond donors (Lipinski definition) is 0. The molecule has 5 heterocycles. The van der Waals surface area contributed by atoms with Crippen molar-refractivity contribution in [2.75, 3.05) is 0 Å². The Morgan fingerprint density at radius 2 is 0.388 bits per heavy atom. The van der Waals surface area contributed by atoms with Crippen LogP contribution in [-0.2, 0) is 0 Å². The van der Waals surface area contributed by atoms with Gasteiger partial charge in [-0.05, 0) is 118 Å². The average Bonchev–Trinajstić information content (AvgIpc) is 3.98. The van der Waals surface area contributed by atoms with E-state index in [-0.39, 0.29) is 18.9 Å². The van der Waals surface area contributed by atoms with Gasteiger partial charge in [0.1, 0.15) is 0 Å². The Bertz CT molecular complexity index is 1860. The summed E-state index contributed by atoms with van der Waals surface area (Å²) in [7, 11) is 0. The summed E-state index contributed by atoms with van der Waals surface area (Å²) in [6.07, 6.45) is 0. The zero-order chi connectivity index (χ0) is 31.9. The molecule has 0 spiro atoms. The normalized spacial score (nSPS) is 12.6. The third-order valence-electron chi connectivity index (χ3n) is 8.86. The van der Waals surface area contributed by atoms with Crippen molar-refractivity contribution in [2.45, 2.75) is 0 Å². The van der Waals surface area contributed by atoms with Crippen LogP contribution in [0.5, 0.6) is 0 Å². The molecule has 4 aromatic carbocycles. The molecular weight excluding hydrogens is 591 g/mol. The van der Waals surface area contributed by atoms with E-state index in [4.69, 9.17) is 19.9 Å². The van der Waals surface area contributed by atoms with Crippen LogP contribution in [0.1, 0.15) is 67.8 Å². The topological polar surface area (TPSA) is 56.4 Å². The summed E-state index contributed by atoms with van der Waals surface area (Å²) in [5.74, 6) is 3.91. The average molecular weight is 620 g/mol. The first kappa shape index (κ1) is 30.4. The second-order valence-corrected chi connectivity index (χ2v) is 11.8. The Balaban J connectivity index is 0.00000348. The van der Waals surface area contributed by atoms with Crippen LogP contribution < -0.4 is 38.8 Å². The Hall–Kier alpha value is -5.92. The van der Waals surface area contributed by atoms with Crippen LogP contribution in [-0.4, -0.2) is 0 Å². The predicted molar refractivity (Wildman–Crippen MR) is 187 cm³/mol. The molecule has 0 atom stereocenters. The fourth-order valence-electron chi connectivity index (χ4n) is 6.69. The van der Waals surface area contributed by atoms with Crippen molar-refractivity contribution in [2.24, 2.45) is 0 Å². The van der Waals surface area contributed by atoms with E-state index < -0.39 is 0 Å². The van der Waals surface area contributed by atoms with Gasteiger partial charge in [0, 0.05) is 121 Å². The molecule has 0 saturated carbocycles. The smallest absolute Gasteiger partial charge is 0.628 e. The number of rotatable bonds is 4. The summed E-state index contributed by atoms with van der Waals surface area (Å²) < 4.78 is 0. The van der Waals surface area contributed by atoms with Crippen molar-refractivity contribution in [1.82, 2.24) is 19.9 Å². The van der Waals surface area contributed by atoms with Gasteiger partial charge in [0.2, 0.25) is 0 Å². The molecule has 8 bridgehead atoms. The van der Waals surface area contributed by atoms with Crippen molar-refractivity contribution >= 4 is 0 Å². The quantitative estimate of drug-likeness (QED) is 0.208. The largest absolute Gasteiger partial charge is 1.00 e. The van der Waals surface area contributed by atoms with Crippen LogP contribution in [0.4, 0.5) is 0 Å². The maximum Gasteiger partial charge on any atom is 1.00 e. The van der Waals surface area contributed by atoms with Gasteiger partial charge in [-0.2, -0.15) is 0 Å². The summed E-state index contributed by atoms with van der Waals surface area (Å²) in [6.45, 7) is 0. The molecule has 1 aliphatic rings. The van der Waals surface area contributed by atoms with Gasteiger partial charge in [-0.15, -0.1) is 0 Å². The van der Waals surface area contributed by atoms with Crippen LogP contribution in [0.2, 0.25) is 0 Å². The maximum absolute atomic E-state index is 5.31. The zero-order valence-corrected chi connectivity index (χ0v) is 27.0. The SMILES string of the molecule is [Li+].c1ccc([C+]2c3ccc([n-]3)[C+](c3ccccc3)c3ccc([n-]3)[C+](c3ccccc3)c3ccc([n-]3)[C+](c3ccccc3)c3ccc2[n-]3)cc1. The molecular formula is C44H28LiN4+. The summed E-state index contributed by atoms with van der Waals surface area (Å²) in [5, 5.41) is 0. The number of aromatic nitrogens is 4. The van der Waals surface area contributed by atoms with Gasteiger partial charge >= 0.3 is 18.9 Å². The Morgan fingerprint density at radius 1 is 0.224 bits per heavy atom. The molecule has 0 unspecified atom stereocenters. The van der Waals surface area contributed by atoms with E-state index in [1.807, 2.05) is 24.3 Å². The minimum Gasteiger partial charge on any atom is -0.628 e. The predicted octanol–water partition coefficient (Wildman–Crippen LogP) is 4.91. The number of hydrogen-bond acceptors (Lipinski definition) is 0. The maximum atomic E-state index is 5.31. The number of fused-ring (bicyclic) bond motifs is 8. The second kappa shape index (κ2) is 12.9. The molecule has 0 saturated heterocycles. The molecule has 0 aliphatic carbocycles. The van der Waals surface area contributed by atoms with Gasteiger partial charge in [-0.3, -0.25) is 0 Å². The molecule has 1 aliphatic heterocycles. The van der Waals surface area contributed by atoms with Crippen molar-refractivity contribution in [1.29, 1.82) is 0 Å². The summed E-state index contributed by atoms with van der Waals surface area (Å²) in [5.41, 5.74) is 11.1. The third kappa shape index (κ3) is 5.58. The molecule has 0 amide bonds. The van der Waals surface area contributed by atoms with Gasteiger partial charge in [0.25, 0.3) is 0 Å². The first-order valence-electron chi connectivity index (χ1n) is 16.1. The molecule has 224 valence electrons. The van der Waals surface area contributed by atoms with Crippen LogP contribution in [0.15, 0.2) is 170 Å². The van der Waals surface area contributed by atoms with Crippen molar-refractivity contribution in [3.63, 3.8) is 0 Å². The summed E-state index contributed by atoms with van der Waals surface area (Å²) in [4.78, 5) is 21.2. The van der Waals surface area contributed by atoms with Crippen LogP contribution >= 0.6 is 0 Å². The fourth-order valence-corrected chi connectivity index (χ4v) is 6.69. The first-order valence-corrected chi connectivity index (χ1v) is 16.1. The molecule has 5 heteroatoms. The molecule has 9 rings (SSSR count). The van der Waals surface area contributed by atoms with E-state index in [1.54, 1.807) is 0 Å². The Morgan fingerprint density at radius 3 is 0.551 bits per heavy atom. The summed E-state index contributed by atoms with van der Waals surface area (Å²) >= 11 is 0. The molecule has 4 nitrogen and oxygen atoms in total. The molecule has 0 N–H and O–H groups in total. The zero-order valence-electron chi connectivity index (χ0n) is 27.0. The van der Waals surface area contributed by atoms with Crippen molar-refractivity contribution < 1.29 is 18.9 Å². The molecule has 49 heavy (non-hydrogen) atoms. The minimum atomic E-state index is 0. The fraction of sp³-hybridized carbons (Fsp3) is 0. The molecule has 0 radical (unpaired) electrons. The van der Waals surface area contributed by atoms with Gasteiger partial charge < -0.3 is 19.9 Å². The van der Waals surface area contributed by atoms with Crippen LogP contribution in [0.3, 0.4) is 0 Å². The first-order chi connectivity index (χ1) is 23.8. The molecule has 4 aromatic heterocycles. The van der Waals surface area contributed by atoms with E-state index in [1.165, 1.54) is 0 Å². The third-order valence-corrected chi connectivity index (χ3v) is 8.86. The van der Waals surface area contributed by atoms with E-state index in [2.05, 4.69) is 146 Å². The molecule has 8 aromatic rings. The van der Waals surface area contributed by atoms with Crippen LogP contribution in [0.25, 0.3) is 0 Å². The molecule has 0 fully saturated rings. The van der Waals surface area contributed by atoms with Gasteiger partial charge in [0.15, 0.2) is 0 Å². The van der Waals surface area contributed by atoms with Crippen molar-refractivity contribution in [3.8, 4) is 0 Å². The number of benzene rings is 4. The van der Waals surface area contributed by atoms with Crippen molar-refractivity contribution in [3.05, 3.63) is 261 Å². The standard InChI is InChI=1S/C44H28N4.Li/c1-5-13-29(14-6-1)41-33-21-23-35(45-33)42(30-15-7-2-8-16-30)37-25-27-39(47-37)44(32-19-11-4-12-20-32)40-28-26-38(48-40)43(31-17-9-3-10-18-31)36-24-22-34(41)46-36;/h1-28H;/q;+1. The van der Waals surface area contributed by atoms with Gasteiger partial charge in [-0.25, -0.2) is 0 Å². The second-order valence-electron chi connectivity index (χ2n) is 11.8. The van der Waals surface area contributed by atoms with E-state index in [9.17, 15) is 0 Å². The van der Waals surface area contributed by atoms with Gasteiger partial charge in [0.05, 0.1) is 22.3 Å². The van der Waals surface area contributed by atoms with E-state index in [0.29, 0.717) is 0 Å². The number of nitrogens with zero attached hydrogens (tertiary/aromatic N) is 4. The minimum absolute atomic E-state index is 0. The summed E-state index contributed by atoms with van der Waals surface area (Å²) in [6, 6.07) is 58.4. The van der Waals surface area contributed by atoms with E-state index >= 15 is 0 Å². The van der Waals surface area contributed by atoms with E-state index in [0.717, 1.165) is 91.5 Å². The van der Waals surface area contributed by atoms with Crippen LogP contribution in [0, 0.1) is 23.7 Å². The Kier molecular flexibility index (Phi) is 8.03.